The van der Waals surface area contributed by atoms with Crippen LogP contribution in [0.4, 0.5) is 0 Å². The fourth-order valence-corrected chi connectivity index (χ4v) is 3.66. The summed E-state index contributed by atoms with van der Waals surface area (Å²) >= 11 is 0. The molecule has 0 radical (unpaired) electrons. The van der Waals surface area contributed by atoms with Crippen LogP contribution in [0.25, 0.3) is 5.65 Å². The summed E-state index contributed by atoms with van der Waals surface area (Å²) in [6.07, 6.45) is 8.98. The molecule has 1 aliphatic rings. The maximum absolute atomic E-state index is 13.2. The molecule has 0 saturated heterocycles. The van der Waals surface area contributed by atoms with Crippen molar-refractivity contribution in [1.82, 2.24) is 19.3 Å². The number of rotatable bonds is 6. The molecule has 24 heavy (non-hydrogen) atoms. The maximum Gasteiger partial charge on any atom is 0.276 e. The highest BCUT2D eigenvalue weighted by molar-refractivity contribution is 5.98. The molecule has 2 heterocycles. The first-order valence-electron chi connectivity index (χ1n) is 8.70. The summed E-state index contributed by atoms with van der Waals surface area (Å²) in [7, 11) is 0. The van der Waals surface area contributed by atoms with Crippen LogP contribution >= 0.6 is 0 Å². The van der Waals surface area contributed by atoms with E-state index in [1.165, 1.54) is 0 Å². The monoisotopic (exact) mass is 330 g/mol. The zero-order valence-corrected chi connectivity index (χ0v) is 14.9. The summed E-state index contributed by atoms with van der Waals surface area (Å²) in [6, 6.07) is 0.165. The Morgan fingerprint density at radius 3 is 2.67 bits per heavy atom. The summed E-state index contributed by atoms with van der Waals surface area (Å²) in [5, 5.41) is 0. The lowest BCUT2D eigenvalue weighted by Gasteiger charge is -2.55. The van der Waals surface area contributed by atoms with Gasteiger partial charge in [0, 0.05) is 49.4 Å². The molecule has 0 bridgehead atoms. The number of carbonyl (C=O) groups is 1. The third-order valence-electron chi connectivity index (χ3n) is 5.11. The number of amides is 1. The molecule has 2 aromatic heterocycles. The number of hydrogen-bond donors (Lipinski definition) is 0. The van der Waals surface area contributed by atoms with E-state index in [0.29, 0.717) is 17.9 Å². The van der Waals surface area contributed by atoms with E-state index in [1.807, 2.05) is 28.6 Å². The predicted molar refractivity (Wildman–Crippen MR) is 91.9 cm³/mol. The zero-order chi connectivity index (χ0) is 17.3. The summed E-state index contributed by atoms with van der Waals surface area (Å²) in [4.78, 5) is 23.8. The first kappa shape index (κ1) is 16.9. The molecule has 1 amide bonds. The van der Waals surface area contributed by atoms with Gasteiger partial charge in [-0.25, -0.2) is 9.97 Å². The number of hydrogen-bond acceptors (Lipinski definition) is 4. The molecule has 2 unspecified atom stereocenters. The van der Waals surface area contributed by atoms with Gasteiger partial charge < -0.3 is 14.0 Å². The van der Waals surface area contributed by atoms with Crippen molar-refractivity contribution in [2.45, 2.75) is 52.7 Å². The largest absolute Gasteiger partial charge is 0.378 e. The number of imidazole rings is 1. The van der Waals surface area contributed by atoms with Crippen molar-refractivity contribution in [3.8, 4) is 0 Å². The van der Waals surface area contributed by atoms with Crippen LogP contribution in [0.1, 0.15) is 51.0 Å². The van der Waals surface area contributed by atoms with E-state index < -0.39 is 0 Å². The van der Waals surface area contributed by atoms with Crippen LogP contribution < -0.4 is 0 Å². The van der Waals surface area contributed by atoms with Crippen molar-refractivity contribution in [1.29, 1.82) is 0 Å². The second-order valence-corrected chi connectivity index (χ2v) is 6.95. The molecule has 0 aromatic carbocycles. The molecule has 3 rings (SSSR count). The fourth-order valence-electron chi connectivity index (χ4n) is 3.66. The third-order valence-corrected chi connectivity index (χ3v) is 5.11. The minimum absolute atomic E-state index is 0.0401. The molecule has 2 atom stereocenters. The molecule has 1 fully saturated rings. The Balaban J connectivity index is 1.89. The van der Waals surface area contributed by atoms with Crippen molar-refractivity contribution in [2.24, 2.45) is 5.41 Å². The molecule has 2 aromatic rings. The number of aromatic nitrogens is 3. The van der Waals surface area contributed by atoms with E-state index >= 15 is 0 Å². The van der Waals surface area contributed by atoms with Gasteiger partial charge in [-0.3, -0.25) is 4.79 Å². The van der Waals surface area contributed by atoms with Gasteiger partial charge in [-0.05, 0) is 19.8 Å². The summed E-state index contributed by atoms with van der Waals surface area (Å²) in [5.41, 5.74) is 0.982. The lowest BCUT2D eigenvalue weighted by Crippen LogP contribution is -2.63. The normalized spacial score (nSPS) is 22.3. The summed E-state index contributed by atoms with van der Waals surface area (Å²) < 4.78 is 7.66. The topological polar surface area (TPSA) is 59.7 Å². The molecule has 6 heteroatoms. The minimum Gasteiger partial charge on any atom is -0.378 e. The third kappa shape index (κ3) is 2.69. The Labute approximate surface area is 142 Å². The predicted octanol–water partition coefficient (Wildman–Crippen LogP) is 2.79. The maximum atomic E-state index is 13.2. The van der Waals surface area contributed by atoms with Gasteiger partial charge in [-0.1, -0.05) is 20.8 Å². The Morgan fingerprint density at radius 2 is 2.04 bits per heavy atom. The second kappa shape index (κ2) is 6.51. The van der Waals surface area contributed by atoms with Crippen LogP contribution in [0.5, 0.6) is 0 Å². The van der Waals surface area contributed by atoms with Crippen LogP contribution in [0.2, 0.25) is 0 Å². The number of carbonyl (C=O) groups excluding carboxylic acids is 1. The van der Waals surface area contributed by atoms with Gasteiger partial charge in [0.15, 0.2) is 11.3 Å². The number of nitrogens with zero attached hydrogens (tertiary/aromatic N) is 4. The van der Waals surface area contributed by atoms with Crippen molar-refractivity contribution in [3.63, 3.8) is 0 Å². The van der Waals surface area contributed by atoms with Crippen molar-refractivity contribution >= 4 is 11.6 Å². The Morgan fingerprint density at radius 1 is 1.33 bits per heavy atom. The average Bonchev–Trinajstić information content (AvgIpc) is 3.05. The van der Waals surface area contributed by atoms with E-state index in [9.17, 15) is 4.79 Å². The van der Waals surface area contributed by atoms with Crippen LogP contribution in [0.15, 0.2) is 24.8 Å². The first-order chi connectivity index (χ1) is 11.5. The van der Waals surface area contributed by atoms with Crippen molar-refractivity contribution in [3.05, 3.63) is 30.5 Å². The molecule has 6 nitrogen and oxygen atoms in total. The van der Waals surface area contributed by atoms with Crippen molar-refractivity contribution < 1.29 is 9.53 Å². The average molecular weight is 330 g/mol. The molecule has 1 aliphatic carbocycles. The van der Waals surface area contributed by atoms with Crippen LogP contribution in [0, 0.1) is 5.41 Å². The SMILES string of the molecule is CCCN(C(=O)c1nccn2ccnc12)C1CC(OCC)C1(C)C. The zero-order valence-electron chi connectivity index (χ0n) is 14.9. The van der Waals surface area contributed by atoms with Crippen LogP contribution in [-0.4, -0.2) is 50.5 Å². The van der Waals surface area contributed by atoms with Crippen LogP contribution in [-0.2, 0) is 4.74 Å². The summed E-state index contributed by atoms with van der Waals surface area (Å²) in [6.45, 7) is 9.89. The first-order valence-corrected chi connectivity index (χ1v) is 8.70. The standard InChI is InChI=1S/C18H26N4O2/c1-5-9-22(13-12-14(24-6-2)18(13,3)4)17(23)15-16-20-8-11-21(16)10-7-19-15/h7-8,10-11,13-14H,5-6,9,12H2,1-4H3. The van der Waals surface area contributed by atoms with Gasteiger partial charge in [0.2, 0.25) is 0 Å². The quantitative estimate of drug-likeness (QED) is 0.817. The van der Waals surface area contributed by atoms with E-state index in [4.69, 9.17) is 4.74 Å². The molecule has 130 valence electrons. The Hall–Kier alpha value is -1.95. The molecule has 0 spiro atoms. The molecular weight excluding hydrogens is 304 g/mol. The number of ether oxygens (including phenoxy) is 1. The minimum atomic E-state index is -0.0542. The van der Waals surface area contributed by atoms with Crippen LogP contribution in [0.3, 0.4) is 0 Å². The van der Waals surface area contributed by atoms with Gasteiger partial charge in [0.05, 0.1) is 6.10 Å². The van der Waals surface area contributed by atoms with Gasteiger partial charge >= 0.3 is 0 Å². The number of fused-ring (bicyclic) bond motifs is 1. The van der Waals surface area contributed by atoms with Gasteiger partial charge in [0.25, 0.3) is 5.91 Å². The van der Waals surface area contributed by atoms with E-state index in [0.717, 1.165) is 19.4 Å². The summed E-state index contributed by atoms with van der Waals surface area (Å²) in [5.74, 6) is -0.0401. The Kier molecular flexibility index (Phi) is 4.58. The second-order valence-electron chi connectivity index (χ2n) is 6.95. The van der Waals surface area contributed by atoms with E-state index in [2.05, 4.69) is 30.7 Å². The fraction of sp³-hybridized carbons (Fsp3) is 0.611. The molecule has 0 aliphatic heterocycles. The van der Waals surface area contributed by atoms with Gasteiger partial charge in [-0.2, -0.15) is 0 Å². The smallest absolute Gasteiger partial charge is 0.276 e. The highest BCUT2D eigenvalue weighted by Gasteiger charge is 2.52. The van der Waals surface area contributed by atoms with Gasteiger partial charge in [-0.15, -0.1) is 0 Å². The highest BCUT2D eigenvalue weighted by Crippen LogP contribution is 2.46. The van der Waals surface area contributed by atoms with E-state index in [-0.39, 0.29) is 23.5 Å². The van der Waals surface area contributed by atoms with Gasteiger partial charge in [0.1, 0.15) is 0 Å². The lowest BCUT2D eigenvalue weighted by molar-refractivity contribution is -0.140. The Bertz CT molecular complexity index is 725. The highest BCUT2D eigenvalue weighted by atomic mass is 16.5. The van der Waals surface area contributed by atoms with E-state index in [1.54, 1.807) is 12.4 Å². The molecular formula is C18H26N4O2. The van der Waals surface area contributed by atoms with Crippen molar-refractivity contribution in [2.75, 3.05) is 13.2 Å². The molecule has 0 N–H and O–H groups in total. The lowest BCUT2D eigenvalue weighted by atomic mass is 9.63. The molecule has 1 saturated carbocycles.